The van der Waals surface area contributed by atoms with Crippen LogP contribution in [0.1, 0.15) is 6.42 Å². The van der Waals surface area contributed by atoms with Crippen molar-refractivity contribution in [3.63, 3.8) is 0 Å². The van der Waals surface area contributed by atoms with Gasteiger partial charge in [-0.05, 0) is 5.92 Å². The normalized spacial score (nSPS) is 48.1. The number of rotatable bonds is 3. The molecule has 5 atom stereocenters. The van der Waals surface area contributed by atoms with Crippen LogP contribution in [0.15, 0.2) is 0 Å². The van der Waals surface area contributed by atoms with Crippen molar-refractivity contribution in [3.05, 3.63) is 0 Å². The zero-order valence-electron chi connectivity index (χ0n) is 8.33. The Balaban J connectivity index is 2.22. The van der Waals surface area contributed by atoms with Gasteiger partial charge in [0.1, 0.15) is 5.54 Å². The second-order valence-corrected chi connectivity index (χ2v) is 4.42. The van der Waals surface area contributed by atoms with Crippen molar-refractivity contribution in [2.45, 2.75) is 24.4 Å². The zero-order valence-corrected chi connectivity index (χ0v) is 8.33. The number of nitrogens with two attached hydrogens (primary N) is 1. The summed E-state index contributed by atoms with van der Waals surface area (Å²) in [6, 6.07) is 0. The van der Waals surface area contributed by atoms with Gasteiger partial charge in [-0.25, -0.2) is 0 Å². The Morgan fingerprint density at radius 3 is 2.60 bits per heavy atom. The van der Waals surface area contributed by atoms with Gasteiger partial charge in [0.2, 0.25) is 0 Å². The van der Waals surface area contributed by atoms with Crippen LogP contribution in [-0.2, 0) is 9.53 Å². The average Bonchev–Trinajstić information content (AvgIpc) is 2.82. The first-order chi connectivity index (χ1) is 6.93. The fraction of sp³-hybridized carbons (Fsp3) is 0.889. The highest BCUT2D eigenvalue weighted by Crippen LogP contribution is 2.63. The number of methoxy groups -OCH3 is 1. The third-order valence-corrected chi connectivity index (χ3v) is 3.74. The van der Waals surface area contributed by atoms with E-state index in [1.165, 1.54) is 7.11 Å². The maximum absolute atomic E-state index is 11.0. The highest BCUT2D eigenvalue weighted by molar-refractivity contribution is 5.81. The molecule has 15 heavy (non-hydrogen) atoms. The Bertz CT molecular complexity index is 294. The minimum atomic E-state index is -1.51. The van der Waals surface area contributed by atoms with Crippen LogP contribution >= 0.6 is 0 Å². The first-order valence-corrected chi connectivity index (χ1v) is 4.84. The molecule has 2 aliphatic rings. The largest absolute Gasteiger partial charge is 0.480 e. The van der Waals surface area contributed by atoms with Gasteiger partial charge < -0.3 is 25.8 Å². The Kier molecular flexibility index (Phi) is 2.27. The summed E-state index contributed by atoms with van der Waals surface area (Å²) >= 11 is 0. The van der Waals surface area contributed by atoms with Gasteiger partial charge in [0.25, 0.3) is 0 Å². The standard InChI is InChI=1S/C9H15NO5/c1-15-3-2-9(10,8(13)14)6-4(3)5(6)7(11)12/h3-7,11-12H,2,10H2,1H3,(H,13,14). The lowest BCUT2D eigenvalue weighted by Crippen LogP contribution is -2.51. The van der Waals surface area contributed by atoms with Gasteiger partial charge in [-0.1, -0.05) is 0 Å². The lowest BCUT2D eigenvalue weighted by molar-refractivity contribution is -0.146. The van der Waals surface area contributed by atoms with Crippen LogP contribution in [0.4, 0.5) is 0 Å². The van der Waals surface area contributed by atoms with Crippen LogP contribution < -0.4 is 5.73 Å². The van der Waals surface area contributed by atoms with E-state index in [9.17, 15) is 4.79 Å². The van der Waals surface area contributed by atoms with Crippen molar-refractivity contribution in [1.82, 2.24) is 0 Å². The highest BCUT2D eigenvalue weighted by Gasteiger charge is 2.73. The number of carboxylic acid groups (broad SMARTS) is 1. The van der Waals surface area contributed by atoms with Crippen LogP contribution in [0.2, 0.25) is 0 Å². The first kappa shape index (κ1) is 10.8. The number of ether oxygens (including phenoxy) is 1. The second-order valence-electron chi connectivity index (χ2n) is 4.42. The maximum Gasteiger partial charge on any atom is 0.324 e. The summed E-state index contributed by atoms with van der Waals surface area (Å²) in [6.07, 6.45) is -1.57. The van der Waals surface area contributed by atoms with Gasteiger partial charge in [0.15, 0.2) is 6.29 Å². The van der Waals surface area contributed by atoms with E-state index in [2.05, 4.69) is 0 Å². The molecule has 2 aliphatic carbocycles. The van der Waals surface area contributed by atoms with Gasteiger partial charge in [0, 0.05) is 25.4 Å². The molecule has 2 fully saturated rings. The monoisotopic (exact) mass is 217 g/mol. The van der Waals surface area contributed by atoms with Crippen molar-refractivity contribution in [1.29, 1.82) is 0 Å². The molecule has 0 amide bonds. The van der Waals surface area contributed by atoms with Gasteiger partial charge in [0.05, 0.1) is 6.10 Å². The van der Waals surface area contributed by atoms with Crippen molar-refractivity contribution in [3.8, 4) is 0 Å². The number of carboxylic acids is 1. The number of carbonyl (C=O) groups is 1. The first-order valence-electron chi connectivity index (χ1n) is 4.84. The molecule has 0 aliphatic heterocycles. The van der Waals surface area contributed by atoms with E-state index in [0.717, 1.165) is 0 Å². The molecule has 2 saturated carbocycles. The molecule has 2 rings (SSSR count). The third-order valence-electron chi connectivity index (χ3n) is 3.74. The summed E-state index contributed by atoms with van der Waals surface area (Å²) in [6.45, 7) is 0. The lowest BCUT2D eigenvalue weighted by atomic mass is 9.91. The van der Waals surface area contributed by atoms with Gasteiger partial charge in [-0.15, -0.1) is 0 Å². The summed E-state index contributed by atoms with van der Waals surface area (Å²) < 4.78 is 5.13. The number of hydrogen-bond acceptors (Lipinski definition) is 5. The number of aliphatic hydroxyl groups excluding tert-OH is 1. The van der Waals surface area contributed by atoms with E-state index in [-0.39, 0.29) is 24.4 Å². The molecule has 0 saturated heterocycles. The van der Waals surface area contributed by atoms with Crippen LogP contribution in [0.3, 0.4) is 0 Å². The van der Waals surface area contributed by atoms with E-state index in [1.807, 2.05) is 0 Å². The molecular formula is C9H15NO5. The van der Waals surface area contributed by atoms with Crippen molar-refractivity contribution in [2.75, 3.05) is 7.11 Å². The van der Waals surface area contributed by atoms with E-state index < -0.39 is 23.7 Å². The topological polar surface area (TPSA) is 113 Å². The highest BCUT2D eigenvalue weighted by atomic mass is 16.5. The summed E-state index contributed by atoms with van der Waals surface area (Å²) in [5.41, 5.74) is 4.40. The van der Waals surface area contributed by atoms with Crippen LogP contribution in [-0.4, -0.2) is 46.3 Å². The van der Waals surface area contributed by atoms with Crippen molar-refractivity contribution in [2.24, 2.45) is 23.5 Å². The van der Waals surface area contributed by atoms with Crippen LogP contribution in [0.5, 0.6) is 0 Å². The summed E-state index contributed by atoms with van der Waals surface area (Å²) in [5.74, 6) is -2.10. The summed E-state index contributed by atoms with van der Waals surface area (Å²) in [4.78, 5) is 11.0. The number of aliphatic hydroxyl groups is 2. The predicted molar refractivity (Wildman–Crippen MR) is 48.7 cm³/mol. The summed E-state index contributed by atoms with van der Waals surface area (Å²) in [5, 5.41) is 27.2. The number of aliphatic carboxylic acids is 1. The molecule has 0 bridgehead atoms. The van der Waals surface area contributed by atoms with Gasteiger partial charge in [-0.2, -0.15) is 0 Å². The average molecular weight is 217 g/mol. The molecule has 0 heterocycles. The Morgan fingerprint density at radius 1 is 1.60 bits per heavy atom. The Hall–Kier alpha value is -0.690. The zero-order chi connectivity index (χ0) is 11.4. The van der Waals surface area contributed by atoms with Gasteiger partial charge >= 0.3 is 5.97 Å². The Morgan fingerprint density at radius 2 is 2.20 bits per heavy atom. The van der Waals surface area contributed by atoms with E-state index in [4.69, 9.17) is 25.8 Å². The third kappa shape index (κ3) is 1.29. The SMILES string of the molecule is COC1CC(N)(C(=O)O)C2C(C(O)O)C12. The van der Waals surface area contributed by atoms with E-state index in [0.29, 0.717) is 0 Å². The van der Waals surface area contributed by atoms with Crippen LogP contribution in [0, 0.1) is 17.8 Å². The summed E-state index contributed by atoms with van der Waals surface area (Å²) in [7, 11) is 1.48. The molecular weight excluding hydrogens is 202 g/mol. The van der Waals surface area contributed by atoms with E-state index >= 15 is 0 Å². The Labute approximate surface area is 86.6 Å². The van der Waals surface area contributed by atoms with Crippen molar-refractivity contribution < 1.29 is 24.9 Å². The molecule has 0 aromatic heterocycles. The second kappa shape index (κ2) is 3.15. The molecule has 0 aromatic rings. The molecule has 5 unspecified atom stereocenters. The predicted octanol–water partition coefficient (Wildman–Crippen LogP) is -1.64. The molecule has 0 radical (unpaired) electrons. The van der Waals surface area contributed by atoms with E-state index in [1.54, 1.807) is 0 Å². The minimum Gasteiger partial charge on any atom is -0.480 e. The molecule has 6 heteroatoms. The molecule has 6 nitrogen and oxygen atoms in total. The lowest BCUT2D eigenvalue weighted by Gasteiger charge is -2.25. The maximum atomic E-state index is 11.0. The molecule has 5 N–H and O–H groups in total. The fourth-order valence-electron chi connectivity index (χ4n) is 2.98. The minimum absolute atomic E-state index is 0.143. The van der Waals surface area contributed by atoms with Gasteiger partial charge in [-0.3, -0.25) is 4.79 Å². The quantitative estimate of drug-likeness (QED) is 0.422. The smallest absolute Gasteiger partial charge is 0.324 e. The molecule has 0 spiro atoms. The van der Waals surface area contributed by atoms with Crippen molar-refractivity contribution >= 4 is 5.97 Å². The fourth-order valence-corrected chi connectivity index (χ4v) is 2.98. The number of fused-ring (bicyclic) bond motifs is 1. The molecule has 86 valence electrons. The van der Waals surface area contributed by atoms with Crippen LogP contribution in [0.25, 0.3) is 0 Å². The molecule has 0 aromatic carbocycles. The number of hydrogen-bond donors (Lipinski definition) is 4.